The zero-order chi connectivity index (χ0) is 19.2. The lowest BCUT2D eigenvalue weighted by molar-refractivity contribution is -0.114. The summed E-state index contributed by atoms with van der Waals surface area (Å²) in [5.41, 5.74) is 2.26. The molecule has 6 nitrogen and oxygen atoms in total. The number of Topliss-reactive ketones (excluding diaryl/α,β-unsaturated/α-hetero) is 1. The van der Waals surface area contributed by atoms with E-state index in [1.807, 2.05) is 41.2 Å². The first-order valence-corrected chi connectivity index (χ1v) is 10.4. The van der Waals surface area contributed by atoms with E-state index in [1.165, 1.54) is 30.4 Å². The fourth-order valence-corrected chi connectivity index (χ4v) is 3.87. The van der Waals surface area contributed by atoms with Gasteiger partial charge in [-0.15, -0.1) is 22.0 Å². The molecule has 0 atom stereocenters. The maximum atomic E-state index is 12.6. The second kappa shape index (κ2) is 8.88. The number of rotatable bonds is 7. The third kappa shape index (κ3) is 4.78. The van der Waals surface area contributed by atoms with Crippen LogP contribution in [-0.4, -0.2) is 38.5 Å². The zero-order valence-corrected chi connectivity index (χ0v) is 16.5. The fourth-order valence-electron chi connectivity index (χ4n) is 2.46. The van der Waals surface area contributed by atoms with Gasteiger partial charge in [0.1, 0.15) is 6.33 Å². The molecule has 0 saturated heterocycles. The van der Waals surface area contributed by atoms with Crippen LogP contribution >= 0.6 is 23.5 Å². The van der Waals surface area contributed by atoms with Gasteiger partial charge in [0.25, 0.3) is 0 Å². The predicted octanol–water partition coefficient (Wildman–Crippen LogP) is 3.92. The molecule has 0 fully saturated rings. The highest BCUT2D eigenvalue weighted by atomic mass is 32.2. The van der Waals surface area contributed by atoms with Gasteiger partial charge in [0, 0.05) is 23.1 Å². The van der Waals surface area contributed by atoms with Crippen molar-refractivity contribution in [1.29, 1.82) is 0 Å². The number of hydrogen-bond acceptors (Lipinski definition) is 6. The van der Waals surface area contributed by atoms with Crippen molar-refractivity contribution < 1.29 is 9.59 Å². The highest BCUT2D eigenvalue weighted by Crippen LogP contribution is 2.28. The lowest BCUT2D eigenvalue weighted by atomic mass is 10.1. The van der Waals surface area contributed by atoms with Gasteiger partial charge in [-0.1, -0.05) is 30.0 Å². The fraction of sp³-hybridized carbons (Fsp3) is 0.158. The van der Waals surface area contributed by atoms with Crippen molar-refractivity contribution in [2.24, 2.45) is 0 Å². The van der Waals surface area contributed by atoms with Gasteiger partial charge >= 0.3 is 0 Å². The number of nitrogens with zero attached hydrogens (tertiary/aromatic N) is 3. The molecule has 3 rings (SSSR count). The Hall–Kier alpha value is -2.58. The third-order valence-electron chi connectivity index (χ3n) is 3.72. The van der Waals surface area contributed by atoms with Crippen LogP contribution in [0.1, 0.15) is 17.3 Å². The molecule has 1 aromatic heterocycles. The number of hydrogen-bond donors (Lipinski definition) is 1. The van der Waals surface area contributed by atoms with Gasteiger partial charge in [-0.2, -0.15) is 0 Å². The van der Waals surface area contributed by atoms with E-state index >= 15 is 0 Å². The second-order valence-electron chi connectivity index (χ2n) is 5.63. The molecule has 2 aromatic carbocycles. The molecular formula is C19H18N4O2S2. The lowest BCUT2D eigenvalue weighted by Crippen LogP contribution is -2.08. The quantitative estimate of drug-likeness (QED) is 0.480. The number of para-hydroxylation sites is 1. The molecule has 0 aliphatic rings. The molecule has 3 aromatic rings. The molecule has 0 radical (unpaired) electrons. The second-order valence-corrected chi connectivity index (χ2v) is 7.42. The SMILES string of the molecule is CSc1cc(C(=O)CSc2nncn2-c2ccccc2)ccc1NC(C)=O. The summed E-state index contributed by atoms with van der Waals surface area (Å²) in [6.45, 7) is 1.46. The average Bonchev–Trinajstić information content (AvgIpc) is 3.15. The van der Waals surface area contributed by atoms with Crippen molar-refractivity contribution in [2.45, 2.75) is 17.0 Å². The third-order valence-corrected chi connectivity index (χ3v) is 5.44. The lowest BCUT2D eigenvalue weighted by Gasteiger charge is -2.10. The van der Waals surface area contributed by atoms with E-state index < -0.39 is 0 Å². The minimum atomic E-state index is -0.139. The Kier molecular flexibility index (Phi) is 6.31. The summed E-state index contributed by atoms with van der Waals surface area (Å²) >= 11 is 2.83. The number of amides is 1. The topological polar surface area (TPSA) is 76.9 Å². The van der Waals surface area contributed by atoms with E-state index in [9.17, 15) is 9.59 Å². The van der Waals surface area contributed by atoms with Crippen LogP contribution in [-0.2, 0) is 4.79 Å². The van der Waals surface area contributed by atoms with Crippen LogP contribution in [0.2, 0.25) is 0 Å². The van der Waals surface area contributed by atoms with Gasteiger partial charge in [-0.25, -0.2) is 0 Å². The van der Waals surface area contributed by atoms with Crippen LogP contribution in [0.25, 0.3) is 5.69 Å². The minimum absolute atomic E-state index is 0.00714. The van der Waals surface area contributed by atoms with Gasteiger partial charge < -0.3 is 5.32 Å². The Morgan fingerprint density at radius 3 is 2.63 bits per heavy atom. The summed E-state index contributed by atoms with van der Waals surface area (Å²) < 4.78 is 1.85. The molecule has 0 unspecified atom stereocenters. The number of aromatic nitrogens is 3. The van der Waals surface area contributed by atoms with Gasteiger partial charge in [0.05, 0.1) is 11.4 Å². The average molecular weight is 399 g/mol. The number of carbonyl (C=O) groups is 2. The number of anilines is 1. The predicted molar refractivity (Wildman–Crippen MR) is 109 cm³/mol. The normalized spacial score (nSPS) is 10.6. The van der Waals surface area contributed by atoms with E-state index in [-0.39, 0.29) is 17.4 Å². The molecule has 138 valence electrons. The monoisotopic (exact) mass is 398 g/mol. The molecule has 0 aliphatic heterocycles. The van der Waals surface area contributed by atoms with Crippen LogP contribution in [0.3, 0.4) is 0 Å². The molecule has 0 spiro atoms. The van der Waals surface area contributed by atoms with Gasteiger partial charge in [0.2, 0.25) is 5.91 Å². The van der Waals surface area contributed by atoms with Gasteiger partial charge in [0.15, 0.2) is 10.9 Å². The minimum Gasteiger partial charge on any atom is -0.325 e. The number of ketones is 1. The molecule has 0 bridgehead atoms. The van der Waals surface area contributed by atoms with Crippen molar-refractivity contribution >= 4 is 40.9 Å². The van der Waals surface area contributed by atoms with E-state index in [4.69, 9.17) is 0 Å². The van der Waals surface area contributed by atoms with Crippen molar-refractivity contribution in [3.05, 3.63) is 60.4 Å². The molecule has 1 amide bonds. The smallest absolute Gasteiger partial charge is 0.221 e. The highest BCUT2D eigenvalue weighted by molar-refractivity contribution is 7.99. The maximum absolute atomic E-state index is 12.6. The number of benzene rings is 2. The van der Waals surface area contributed by atoms with Crippen molar-refractivity contribution in [3.63, 3.8) is 0 Å². The molecule has 1 N–H and O–H groups in total. The molecule has 27 heavy (non-hydrogen) atoms. The Bertz CT molecular complexity index is 957. The largest absolute Gasteiger partial charge is 0.325 e. The van der Waals surface area contributed by atoms with E-state index in [1.54, 1.807) is 24.5 Å². The van der Waals surface area contributed by atoms with Crippen molar-refractivity contribution in [2.75, 3.05) is 17.3 Å². The van der Waals surface area contributed by atoms with Crippen molar-refractivity contribution in [1.82, 2.24) is 14.8 Å². The van der Waals surface area contributed by atoms with Crippen LogP contribution in [0.15, 0.2) is 64.9 Å². The number of thioether (sulfide) groups is 2. The van der Waals surface area contributed by atoms with Crippen LogP contribution in [0.5, 0.6) is 0 Å². The summed E-state index contributed by atoms with van der Waals surface area (Å²) in [6, 6.07) is 15.0. The van der Waals surface area contributed by atoms with E-state index in [0.29, 0.717) is 16.4 Å². The molecule has 0 aliphatic carbocycles. The Morgan fingerprint density at radius 1 is 1.15 bits per heavy atom. The first-order chi connectivity index (χ1) is 13.1. The Morgan fingerprint density at radius 2 is 1.93 bits per heavy atom. The summed E-state index contributed by atoms with van der Waals surface area (Å²) in [6.07, 6.45) is 3.54. The first kappa shape index (κ1) is 19.2. The molecule has 8 heteroatoms. The summed E-state index contributed by atoms with van der Waals surface area (Å²) in [5, 5.41) is 11.5. The maximum Gasteiger partial charge on any atom is 0.221 e. The molecule has 0 saturated carbocycles. The Labute approximate surface area is 165 Å². The first-order valence-electron chi connectivity index (χ1n) is 8.15. The van der Waals surface area contributed by atoms with Gasteiger partial charge in [-0.3, -0.25) is 14.2 Å². The summed E-state index contributed by atoms with van der Waals surface area (Å²) in [4.78, 5) is 24.7. The van der Waals surface area contributed by atoms with Crippen molar-refractivity contribution in [3.8, 4) is 5.69 Å². The van der Waals surface area contributed by atoms with E-state index in [2.05, 4.69) is 15.5 Å². The Balaban J connectivity index is 1.72. The van der Waals surface area contributed by atoms with Crippen LogP contribution in [0.4, 0.5) is 5.69 Å². The zero-order valence-electron chi connectivity index (χ0n) is 14.9. The molecular weight excluding hydrogens is 380 g/mol. The standard InChI is InChI=1S/C19H18N4O2S2/c1-13(24)21-16-9-8-14(10-18(16)26-2)17(25)11-27-19-22-20-12-23(19)15-6-4-3-5-7-15/h3-10,12H,11H2,1-2H3,(H,21,24). The van der Waals surface area contributed by atoms with E-state index in [0.717, 1.165) is 10.6 Å². The summed E-state index contributed by atoms with van der Waals surface area (Å²) in [5.74, 6) is 0.103. The highest BCUT2D eigenvalue weighted by Gasteiger charge is 2.13. The number of nitrogens with one attached hydrogen (secondary N) is 1. The number of carbonyl (C=O) groups excluding carboxylic acids is 2. The summed E-state index contributed by atoms with van der Waals surface area (Å²) in [7, 11) is 0. The van der Waals surface area contributed by atoms with Crippen LogP contribution < -0.4 is 5.32 Å². The van der Waals surface area contributed by atoms with Gasteiger partial charge in [-0.05, 0) is 36.6 Å². The van der Waals surface area contributed by atoms with Crippen LogP contribution in [0, 0.1) is 0 Å². The molecule has 1 heterocycles.